The number of carbonyl (C=O) groups is 2. The Morgan fingerprint density at radius 3 is 1.94 bits per heavy atom. The lowest BCUT2D eigenvalue weighted by Gasteiger charge is -2.45. The number of carboxylic acid groups (broad SMARTS) is 1. The van der Waals surface area contributed by atoms with Crippen molar-refractivity contribution in [2.75, 3.05) is 0 Å². The zero-order chi connectivity index (χ0) is 48.4. The number of allylic oxidation sites excluding steroid dienone is 10. The van der Waals surface area contributed by atoms with Crippen molar-refractivity contribution in [3.63, 3.8) is 0 Å². The molecular formula is C47H75NO17. The Morgan fingerprint density at radius 2 is 1.28 bits per heavy atom. The maximum absolute atomic E-state index is 12.6. The van der Waals surface area contributed by atoms with Crippen LogP contribution in [0.1, 0.15) is 91.9 Å². The van der Waals surface area contributed by atoms with Gasteiger partial charge in [-0.1, -0.05) is 86.8 Å². The monoisotopic (exact) mass is 926 g/mol. The molecule has 2 saturated heterocycles. The number of hydrogen-bond acceptors (Lipinski definition) is 17. The largest absolute Gasteiger partial charge is 0.481 e. The molecule has 65 heavy (non-hydrogen) atoms. The van der Waals surface area contributed by atoms with E-state index >= 15 is 0 Å². The summed E-state index contributed by atoms with van der Waals surface area (Å²) in [7, 11) is 0. The van der Waals surface area contributed by atoms with Gasteiger partial charge in [-0.2, -0.15) is 0 Å². The second-order valence-electron chi connectivity index (χ2n) is 17.8. The van der Waals surface area contributed by atoms with Crippen LogP contribution >= 0.6 is 0 Å². The Hall–Kier alpha value is -3.18. The summed E-state index contributed by atoms with van der Waals surface area (Å²) in [6.07, 6.45) is 2.28. The van der Waals surface area contributed by atoms with E-state index in [1.807, 2.05) is 49.5 Å². The summed E-state index contributed by atoms with van der Waals surface area (Å²) >= 11 is 0. The zero-order valence-electron chi connectivity index (χ0n) is 37.8. The van der Waals surface area contributed by atoms with Gasteiger partial charge >= 0.3 is 11.9 Å². The van der Waals surface area contributed by atoms with Gasteiger partial charge in [0.05, 0.1) is 79.6 Å². The molecule has 13 N–H and O–H groups in total. The van der Waals surface area contributed by atoms with Crippen LogP contribution in [0.3, 0.4) is 0 Å². The highest BCUT2D eigenvalue weighted by molar-refractivity contribution is 5.71. The molecule has 370 valence electrons. The summed E-state index contributed by atoms with van der Waals surface area (Å²) in [5, 5.41) is 118. The third-order valence-electron chi connectivity index (χ3n) is 12.2. The molecule has 18 heteroatoms. The van der Waals surface area contributed by atoms with Gasteiger partial charge in [0.15, 0.2) is 12.1 Å². The average Bonchev–Trinajstić information content (AvgIpc) is 3.21. The summed E-state index contributed by atoms with van der Waals surface area (Å²) in [6, 6.07) is -1.14. The fraction of sp³-hybridized carbons (Fsp3) is 0.702. The Morgan fingerprint density at radius 1 is 0.692 bits per heavy atom. The van der Waals surface area contributed by atoms with Gasteiger partial charge < -0.3 is 80.9 Å². The van der Waals surface area contributed by atoms with Crippen molar-refractivity contribution in [3.8, 4) is 0 Å². The van der Waals surface area contributed by atoms with Crippen molar-refractivity contribution < 1.29 is 84.7 Å². The molecule has 19 atom stereocenters. The highest BCUT2D eigenvalue weighted by Crippen LogP contribution is 2.38. The highest BCUT2D eigenvalue weighted by Gasteiger charge is 2.51. The second-order valence-corrected chi connectivity index (χ2v) is 17.8. The van der Waals surface area contributed by atoms with E-state index in [-0.39, 0.29) is 38.0 Å². The van der Waals surface area contributed by atoms with Crippen LogP contribution in [-0.4, -0.2) is 166 Å². The lowest BCUT2D eigenvalue weighted by Crippen LogP contribution is -2.61. The van der Waals surface area contributed by atoms with Crippen LogP contribution in [0.15, 0.2) is 72.9 Å². The number of rotatable bonds is 3. The number of fused-ring (bicyclic) bond motifs is 2. The molecule has 2 fully saturated rings. The molecule has 18 nitrogen and oxygen atoms in total. The normalized spacial score (nSPS) is 42.3. The molecule has 0 aromatic carbocycles. The first kappa shape index (κ1) is 56.1. The van der Waals surface area contributed by atoms with Crippen LogP contribution in [-0.2, 0) is 28.5 Å². The molecular weight excluding hydrogens is 851 g/mol. The Balaban J connectivity index is 1.84. The Bertz CT molecular complexity index is 1620. The topological polar surface area (TPSA) is 320 Å². The van der Waals surface area contributed by atoms with Crippen LogP contribution in [0.4, 0.5) is 0 Å². The number of nitrogens with two attached hydrogens (primary N) is 1. The predicted molar refractivity (Wildman–Crippen MR) is 237 cm³/mol. The van der Waals surface area contributed by atoms with Gasteiger partial charge in [0.2, 0.25) is 0 Å². The summed E-state index contributed by atoms with van der Waals surface area (Å²) < 4.78 is 23.2. The number of hydrogen-bond donors (Lipinski definition) is 12. The van der Waals surface area contributed by atoms with Gasteiger partial charge in [0.1, 0.15) is 18.1 Å². The minimum atomic E-state index is -2.35. The molecule has 0 aromatic heterocycles. The van der Waals surface area contributed by atoms with E-state index in [1.54, 1.807) is 38.2 Å². The first-order chi connectivity index (χ1) is 30.6. The number of esters is 1. The second kappa shape index (κ2) is 27.6. The molecule has 3 aliphatic rings. The number of carboxylic acids is 1. The molecule has 0 amide bonds. The fourth-order valence-electron chi connectivity index (χ4n) is 8.11. The third kappa shape index (κ3) is 18.8. The molecule has 3 rings (SSSR count). The standard InChI is InChI=1S/C47H75NO17/c1-27-17-15-13-11-9-7-5-6-8-10-12-14-16-18-34(64-46-44(58)41(48)43(57)30(4)63-46)24-38-40(45(59)60)37(54)26-47(61,65-38)25-36(53)35(52)20-19-31(49)21-32(50)22-33(51)23-39(55)62-29(3)28(2)42(27)56/h5-6,8,10-18,27-38,40-44,46,49-54,56-58,61H,7,9,19-26,48H2,1-4H3,(H,59,60)/t27-,28+,29-,30-,31+,32+,33+,34+,35-,36+,37+,38-,40+,41+,42-,43+,44-,46+,47+/m0/s1. The van der Waals surface area contributed by atoms with Crippen molar-refractivity contribution in [1.82, 2.24) is 0 Å². The maximum atomic E-state index is 12.6. The van der Waals surface area contributed by atoms with Crippen LogP contribution in [0, 0.1) is 17.8 Å². The fourth-order valence-corrected chi connectivity index (χ4v) is 8.11. The van der Waals surface area contributed by atoms with E-state index in [1.165, 1.54) is 13.0 Å². The first-order valence-electron chi connectivity index (χ1n) is 22.6. The Kier molecular flexibility index (Phi) is 23.8. The van der Waals surface area contributed by atoms with Crippen molar-refractivity contribution >= 4 is 11.9 Å². The molecule has 0 spiro atoms. The summed E-state index contributed by atoms with van der Waals surface area (Å²) in [5.74, 6) is -6.82. The van der Waals surface area contributed by atoms with Crippen LogP contribution in [0.2, 0.25) is 0 Å². The van der Waals surface area contributed by atoms with Crippen LogP contribution in [0.25, 0.3) is 0 Å². The lowest BCUT2D eigenvalue weighted by molar-refractivity contribution is -0.310. The smallest absolute Gasteiger partial charge is 0.311 e. The van der Waals surface area contributed by atoms with Gasteiger partial charge in [0, 0.05) is 31.1 Å². The predicted octanol–water partition coefficient (Wildman–Crippen LogP) is 0.936. The molecule has 3 heterocycles. The third-order valence-corrected chi connectivity index (χ3v) is 12.2. The van der Waals surface area contributed by atoms with E-state index in [4.69, 9.17) is 24.7 Å². The number of aliphatic hydroxyl groups excluding tert-OH is 9. The van der Waals surface area contributed by atoms with Crippen LogP contribution in [0.5, 0.6) is 0 Å². The molecule has 3 aliphatic heterocycles. The minimum Gasteiger partial charge on any atom is -0.481 e. The molecule has 0 radical (unpaired) electrons. The van der Waals surface area contributed by atoms with Crippen molar-refractivity contribution in [2.45, 2.75) is 189 Å². The van der Waals surface area contributed by atoms with Gasteiger partial charge in [-0.15, -0.1) is 0 Å². The SMILES string of the molecule is C[C@H]1[C@@H](O)[C@@H](C)C=CC=CCCC=CC=CC=CC=C[C@@H](O[C@H]2O[C@@H](C)[C@@H](O)[C@@H](N)[C@@H]2O)C[C@@H]2O[C@@](O)(C[C@@H](O)[C@H]2C(=O)O)C[C@@H](O)[C@@H](O)CC[C@@H](O)C[C@@H](O)C[C@@H](O)CC(=O)O[C@H]1C. The van der Waals surface area contributed by atoms with E-state index < -0.39 is 141 Å². The molecule has 0 unspecified atom stereocenters. The van der Waals surface area contributed by atoms with E-state index in [0.29, 0.717) is 0 Å². The first-order valence-corrected chi connectivity index (χ1v) is 22.6. The molecule has 0 aromatic rings. The summed E-state index contributed by atoms with van der Waals surface area (Å²) in [5.41, 5.74) is 6.02. The van der Waals surface area contributed by atoms with Crippen molar-refractivity contribution in [3.05, 3.63) is 72.9 Å². The van der Waals surface area contributed by atoms with Gasteiger partial charge in [-0.25, -0.2) is 0 Å². The number of carbonyl (C=O) groups excluding carboxylic acids is 1. The van der Waals surface area contributed by atoms with E-state index in [2.05, 4.69) is 0 Å². The number of aliphatic hydroxyl groups is 10. The lowest BCUT2D eigenvalue weighted by atomic mass is 9.82. The number of ether oxygens (including phenoxy) is 4. The average molecular weight is 926 g/mol. The molecule has 2 bridgehead atoms. The zero-order valence-corrected chi connectivity index (χ0v) is 37.8. The van der Waals surface area contributed by atoms with E-state index in [0.717, 1.165) is 12.8 Å². The maximum Gasteiger partial charge on any atom is 0.311 e. The van der Waals surface area contributed by atoms with Crippen molar-refractivity contribution in [1.29, 1.82) is 0 Å². The minimum absolute atomic E-state index is 0.138. The number of cyclic esters (lactones) is 1. The number of aliphatic carboxylic acids is 1. The molecule has 0 saturated carbocycles. The van der Waals surface area contributed by atoms with Gasteiger partial charge in [-0.3, -0.25) is 9.59 Å². The molecule has 0 aliphatic carbocycles. The summed E-state index contributed by atoms with van der Waals surface area (Å²) in [6.45, 7) is 6.78. The van der Waals surface area contributed by atoms with Gasteiger partial charge in [0.25, 0.3) is 0 Å². The van der Waals surface area contributed by atoms with Gasteiger partial charge in [-0.05, 0) is 52.4 Å². The van der Waals surface area contributed by atoms with E-state index in [9.17, 15) is 65.8 Å². The highest BCUT2D eigenvalue weighted by atomic mass is 16.7. The van der Waals surface area contributed by atoms with Crippen molar-refractivity contribution in [2.24, 2.45) is 23.5 Å². The Labute approximate surface area is 381 Å². The van der Waals surface area contributed by atoms with Crippen LogP contribution < -0.4 is 5.73 Å². The summed E-state index contributed by atoms with van der Waals surface area (Å²) in [4.78, 5) is 25.1. The quantitative estimate of drug-likeness (QED) is 0.175.